The maximum atomic E-state index is 5.86. The van der Waals surface area contributed by atoms with Crippen LogP contribution in [0.25, 0.3) is 5.65 Å². The lowest BCUT2D eigenvalue weighted by Crippen LogP contribution is -2.48. The average Bonchev–Trinajstić information content (AvgIpc) is 3.37. The molecule has 2 bridgehead atoms. The third-order valence-corrected chi connectivity index (χ3v) is 5.50. The highest BCUT2D eigenvalue weighted by Crippen LogP contribution is 2.34. The molecule has 4 heterocycles. The lowest BCUT2D eigenvalue weighted by molar-refractivity contribution is 0.188. The smallest absolute Gasteiger partial charge is 0.203 e. The molecule has 7 nitrogen and oxygen atoms in total. The number of fused-ring (bicyclic) bond motifs is 3. The zero-order valence-electron chi connectivity index (χ0n) is 14.8. The zero-order valence-corrected chi connectivity index (χ0v) is 14.8. The maximum Gasteiger partial charge on any atom is 0.203 e. The molecule has 2 saturated heterocycles. The summed E-state index contributed by atoms with van der Waals surface area (Å²) in [5, 5.41) is 8.52. The second-order valence-corrected chi connectivity index (χ2v) is 7.04. The molecule has 26 heavy (non-hydrogen) atoms. The van der Waals surface area contributed by atoms with Crippen molar-refractivity contribution in [3.63, 3.8) is 0 Å². The normalized spacial score (nSPS) is 22.4. The first-order valence-corrected chi connectivity index (χ1v) is 9.14. The molecule has 1 aromatic carbocycles. The van der Waals surface area contributed by atoms with E-state index in [1.807, 2.05) is 54.0 Å². The maximum absolute atomic E-state index is 5.86. The standard InChI is InChI=1S/C19H22N6O/c1-14-21-22-19-18(20-7-8-24(14)19)25-13-15-11-16(25)12-23(15)9-10-26-17-5-3-2-4-6-17/h2-8,15-16H,9-13H2,1H3. The Kier molecular flexibility index (Phi) is 3.74. The highest BCUT2D eigenvalue weighted by Gasteiger charge is 2.44. The van der Waals surface area contributed by atoms with Crippen LogP contribution in [0, 0.1) is 6.92 Å². The van der Waals surface area contributed by atoms with E-state index in [-0.39, 0.29) is 0 Å². The number of hydrogen-bond donors (Lipinski definition) is 0. The summed E-state index contributed by atoms with van der Waals surface area (Å²) in [5.41, 5.74) is 0.858. The predicted molar refractivity (Wildman–Crippen MR) is 98.6 cm³/mol. The number of anilines is 1. The van der Waals surface area contributed by atoms with Gasteiger partial charge in [-0.25, -0.2) is 4.98 Å². The summed E-state index contributed by atoms with van der Waals surface area (Å²) in [6.45, 7) is 5.71. The van der Waals surface area contributed by atoms with E-state index in [1.54, 1.807) is 0 Å². The molecule has 0 aliphatic carbocycles. The van der Waals surface area contributed by atoms with E-state index in [2.05, 4.69) is 25.0 Å². The Morgan fingerprint density at radius 1 is 1.12 bits per heavy atom. The molecule has 2 aromatic heterocycles. The lowest BCUT2D eigenvalue weighted by atomic mass is 10.2. The molecular formula is C19H22N6O. The first-order valence-electron chi connectivity index (χ1n) is 9.14. The molecule has 0 N–H and O–H groups in total. The second-order valence-electron chi connectivity index (χ2n) is 7.04. The van der Waals surface area contributed by atoms with Gasteiger partial charge in [0.25, 0.3) is 0 Å². The van der Waals surface area contributed by atoms with Crippen molar-refractivity contribution >= 4 is 11.5 Å². The Morgan fingerprint density at radius 3 is 2.81 bits per heavy atom. The highest BCUT2D eigenvalue weighted by atomic mass is 16.5. The molecule has 134 valence electrons. The molecule has 5 rings (SSSR count). The average molecular weight is 350 g/mol. The number of benzene rings is 1. The molecule has 3 aromatic rings. The van der Waals surface area contributed by atoms with Crippen LogP contribution in [0.3, 0.4) is 0 Å². The van der Waals surface area contributed by atoms with Gasteiger partial charge in [0.2, 0.25) is 5.65 Å². The van der Waals surface area contributed by atoms with Gasteiger partial charge in [0.15, 0.2) is 5.82 Å². The van der Waals surface area contributed by atoms with E-state index in [4.69, 9.17) is 4.74 Å². The number of nitrogens with zero attached hydrogens (tertiary/aromatic N) is 6. The largest absolute Gasteiger partial charge is 0.492 e. The minimum atomic E-state index is 0.493. The molecule has 0 saturated carbocycles. The van der Waals surface area contributed by atoms with Gasteiger partial charge in [-0.15, -0.1) is 10.2 Å². The Labute approximate surface area is 152 Å². The number of hydrogen-bond acceptors (Lipinski definition) is 6. The van der Waals surface area contributed by atoms with Crippen molar-refractivity contribution in [2.75, 3.05) is 31.1 Å². The summed E-state index contributed by atoms with van der Waals surface area (Å²) in [4.78, 5) is 9.55. The minimum absolute atomic E-state index is 0.493. The monoisotopic (exact) mass is 350 g/mol. The molecular weight excluding hydrogens is 328 g/mol. The van der Waals surface area contributed by atoms with Gasteiger partial charge in [-0.3, -0.25) is 9.30 Å². The second kappa shape index (κ2) is 6.25. The molecule has 2 aliphatic rings. The van der Waals surface area contributed by atoms with E-state index >= 15 is 0 Å². The molecule has 2 fully saturated rings. The fraction of sp³-hybridized carbons (Fsp3) is 0.421. The molecule has 0 spiro atoms. The van der Waals surface area contributed by atoms with Crippen LogP contribution in [0.4, 0.5) is 5.82 Å². The van der Waals surface area contributed by atoms with Gasteiger partial charge in [-0.2, -0.15) is 0 Å². The molecule has 0 amide bonds. The third kappa shape index (κ3) is 2.59. The van der Waals surface area contributed by atoms with Gasteiger partial charge >= 0.3 is 0 Å². The van der Waals surface area contributed by atoms with Crippen molar-refractivity contribution in [3.05, 3.63) is 48.5 Å². The highest BCUT2D eigenvalue weighted by molar-refractivity contribution is 5.65. The van der Waals surface area contributed by atoms with Gasteiger partial charge in [-0.1, -0.05) is 18.2 Å². The number of aromatic nitrogens is 4. The van der Waals surface area contributed by atoms with Crippen molar-refractivity contribution in [1.82, 2.24) is 24.5 Å². The number of aryl methyl sites for hydroxylation is 1. The van der Waals surface area contributed by atoms with Crippen LogP contribution in [0.5, 0.6) is 5.75 Å². The molecule has 0 radical (unpaired) electrons. The summed E-state index contributed by atoms with van der Waals surface area (Å²) in [5.74, 6) is 2.80. The van der Waals surface area contributed by atoms with E-state index < -0.39 is 0 Å². The van der Waals surface area contributed by atoms with Crippen LogP contribution in [-0.2, 0) is 0 Å². The van der Waals surface area contributed by atoms with Crippen LogP contribution >= 0.6 is 0 Å². The molecule has 2 aliphatic heterocycles. The van der Waals surface area contributed by atoms with Gasteiger partial charge < -0.3 is 9.64 Å². The number of para-hydroxylation sites is 1. The Hall–Kier alpha value is -2.67. The van der Waals surface area contributed by atoms with Crippen LogP contribution in [0.2, 0.25) is 0 Å². The fourth-order valence-electron chi connectivity index (χ4n) is 4.21. The summed E-state index contributed by atoms with van der Waals surface area (Å²) in [7, 11) is 0. The van der Waals surface area contributed by atoms with Crippen molar-refractivity contribution in [1.29, 1.82) is 0 Å². The van der Waals surface area contributed by atoms with Crippen molar-refractivity contribution in [2.24, 2.45) is 0 Å². The van der Waals surface area contributed by atoms with E-state index in [1.165, 1.54) is 6.42 Å². The van der Waals surface area contributed by atoms with E-state index in [0.29, 0.717) is 12.1 Å². The first kappa shape index (κ1) is 15.6. The summed E-state index contributed by atoms with van der Waals surface area (Å²) in [6, 6.07) is 11.1. The molecule has 2 unspecified atom stereocenters. The van der Waals surface area contributed by atoms with E-state index in [9.17, 15) is 0 Å². The number of likely N-dealkylation sites (tertiary alicyclic amines) is 1. The SMILES string of the molecule is Cc1nnc2c(N3CC4CC3CN4CCOc3ccccc3)nccn12. The minimum Gasteiger partial charge on any atom is -0.492 e. The van der Waals surface area contributed by atoms with Gasteiger partial charge in [0.1, 0.15) is 18.2 Å². The number of ether oxygens (including phenoxy) is 1. The molecule has 7 heteroatoms. The van der Waals surface area contributed by atoms with E-state index in [0.717, 1.165) is 49.3 Å². The first-order chi connectivity index (χ1) is 12.8. The zero-order chi connectivity index (χ0) is 17.5. The predicted octanol–water partition coefficient (Wildman–Crippen LogP) is 1.77. The quantitative estimate of drug-likeness (QED) is 0.699. The Balaban J connectivity index is 1.24. The van der Waals surface area contributed by atoms with Crippen molar-refractivity contribution in [3.8, 4) is 5.75 Å². The van der Waals surface area contributed by atoms with Gasteiger partial charge in [0.05, 0.1) is 0 Å². The summed E-state index contributed by atoms with van der Waals surface area (Å²) in [6.07, 6.45) is 4.95. The number of rotatable bonds is 5. The molecule has 2 atom stereocenters. The summed E-state index contributed by atoms with van der Waals surface area (Å²) < 4.78 is 7.87. The van der Waals surface area contributed by atoms with Crippen molar-refractivity contribution < 1.29 is 4.74 Å². The van der Waals surface area contributed by atoms with Gasteiger partial charge in [-0.05, 0) is 25.5 Å². The Bertz CT molecular complexity index is 911. The van der Waals surface area contributed by atoms with Crippen LogP contribution in [0.15, 0.2) is 42.7 Å². The lowest BCUT2D eigenvalue weighted by Gasteiger charge is -2.34. The summed E-state index contributed by atoms with van der Waals surface area (Å²) >= 11 is 0. The fourth-order valence-corrected chi connectivity index (χ4v) is 4.21. The van der Waals surface area contributed by atoms with Crippen LogP contribution < -0.4 is 9.64 Å². The number of piperazine rings is 1. The third-order valence-electron chi connectivity index (χ3n) is 5.50. The topological polar surface area (TPSA) is 58.8 Å². The van der Waals surface area contributed by atoms with Crippen molar-refractivity contribution in [2.45, 2.75) is 25.4 Å². The van der Waals surface area contributed by atoms with Crippen LogP contribution in [-0.4, -0.2) is 62.8 Å². The van der Waals surface area contributed by atoms with Gasteiger partial charge in [0, 0.05) is 44.1 Å². The van der Waals surface area contributed by atoms with Crippen LogP contribution in [0.1, 0.15) is 12.2 Å². The Morgan fingerprint density at radius 2 is 2.00 bits per heavy atom.